The molecular weight excluding hydrogens is 337 g/mol. The summed E-state index contributed by atoms with van der Waals surface area (Å²) in [6.45, 7) is 0. The Morgan fingerprint density at radius 3 is 2.71 bits per heavy atom. The number of nitrogens with one attached hydrogen (secondary N) is 1. The summed E-state index contributed by atoms with van der Waals surface area (Å²) in [5, 5.41) is 3.00. The molecule has 1 aromatic rings. The molecule has 0 aromatic heterocycles. The van der Waals surface area contributed by atoms with Gasteiger partial charge < -0.3 is 10.1 Å². The van der Waals surface area contributed by atoms with E-state index >= 15 is 0 Å². The summed E-state index contributed by atoms with van der Waals surface area (Å²) >= 11 is 5.97. The van der Waals surface area contributed by atoms with Gasteiger partial charge in [-0.15, -0.1) is 0 Å². The Bertz CT molecular complexity index is 648. The average Bonchev–Trinajstić information content (AvgIpc) is 2.84. The number of ether oxygens (including phenoxy) is 1. The van der Waals surface area contributed by atoms with Gasteiger partial charge in [0.1, 0.15) is 0 Å². The number of rotatable bonds is 4. The normalized spacial score (nSPS) is 22.2. The molecule has 1 saturated carbocycles. The van der Waals surface area contributed by atoms with E-state index < -0.39 is 15.0 Å². The molecular formula is C13H15Cl2NO4S. The Kier molecular flexibility index (Phi) is 5.14. The Balaban J connectivity index is 2.23. The van der Waals surface area contributed by atoms with E-state index in [-0.39, 0.29) is 27.6 Å². The Labute approximate surface area is 133 Å². The molecule has 2 atom stereocenters. The van der Waals surface area contributed by atoms with Gasteiger partial charge in [0, 0.05) is 17.8 Å². The van der Waals surface area contributed by atoms with Gasteiger partial charge in [0.05, 0.1) is 27.6 Å². The summed E-state index contributed by atoms with van der Waals surface area (Å²) in [5.74, 6) is -0.434. The molecule has 0 bridgehead atoms. The first kappa shape index (κ1) is 16.5. The number of halogens is 2. The summed E-state index contributed by atoms with van der Waals surface area (Å²) in [4.78, 5) is 12.1. The predicted octanol–water partition coefficient (Wildman–Crippen LogP) is 2.56. The maximum Gasteiger partial charge on any atom is 0.261 e. The van der Waals surface area contributed by atoms with Gasteiger partial charge in [-0.25, -0.2) is 8.42 Å². The molecule has 21 heavy (non-hydrogen) atoms. The van der Waals surface area contributed by atoms with Crippen LogP contribution in [0.15, 0.2) is 23.1 Å². The molecule has 0 heterocycles. The summed E-state index contributed by atoms with van der Waals surface area (Å²) in [5.41, 5.74) is 0.0835. The summed E-state index contributed by atoms with van der Waals surface area (Å²) in [7, 11) is 2.97. The van der Waals surface area contributed by atoms with Crippen LogP contribution in [-0.4, -0.2) is 33.6 Å². The van der Waals surface area contributed by atoms with Gasteiger partial charge >= 0.3 is 0 Å². The lowest BCUT2D eigenvalue weighted by molar-refractivity contribution is 0.0722. The highest BCUT2D eigenvalue weighted by Gasteiger charge is 2.29. The number of hydrogen-bond acceptors (Lipinski definition) is 4. The number of benzene rings is 1. The molecule has 0 radical (unpaired) electrons. The van der Waals surface area contributed by atoms with E-state index in [1.165, 1.54) is 18.2 Å². The predicted molar refractivity (Wildman–Crippen MR) is 80.4 cm³/mol. The fraction of sp³-hybridized carbons (Fsp3) is 0.462. The van der Waals surface area contributed by atoms with Crippen LogP contribution in [0.25, 0.3) is 0 Å². The fourth-order valence-electron chi connectivity index (χ4n) is 2.45. The highest BCUT2D eigenvalue weighted by molar-refractivity contribution is 8.13. The highest BCUT2D eigenvalue weighted by atomic mass is 35.7. The minimum Gasteiger partial charge on any atom is -0.379 e. The molecule has 0 spiro atoms. The number of carbonyl (C=O) groups excluding carboxylic acids is 1. The van der Waals surface area contributed by atoms with Gasteiger partial charge in [-0.3, -0.25) is 4.79 Å². The van der Waals surface area contributed by atoms with E-state index in [2.05, 4.69) is 5.32 Å². The number of carbonyl (C=O) groups is 1. The minimum atomic E-state index is -3.91. The molecule has 1 aliphatic carbocycles. The fourth-order valence-corrected chi connectivity index (χ4v) is 3.43. The van der Waals surface area contributed by atoms with Gasteiger partial charge in [-0.2, -0.15) is 0 Å². The van der Waals surface area contributed by atoms with Gasteiger partial charge in [0.15, 0.2) is 0 Å². The van der Waals surface area contributed by atoms with Crippen LogP contribution in [0.2, 0.25) is 5.02 Å². The second-order valence-electron chi connectivity index (χ2n) is 4.86. The van der Waals surface area contributed by atoms with E-state index in [1.807, 2.05) is 0 Å². The molecule has 0 saturated heterocycles. The van der Waals surface area contributed by atoms with E-state index in [0.29, 0.717) is 0 Å². The molecule has 2 unspecified atom stereocenters. The van der Waals surface area contributed by atoms with Crippen molar-refractivity contribution in [1.29, 1.82) is 0 Å². The van der Waals surface area contributed by atoms with Crippen molar-refractivity contribution < 1.29 is 17.9 Å². The third-order valence-corrected chi connectivity index (χ3v) is 5.22. The Hall–Kier alpha value is -0.820. The van der Waals surface area contributed by atoms with Crippen molar-refractivity contribution in [3.8, 4) is 0 Å². The first-order valence-electron chi connectivity index (χ1n) is 6.41. The third-order valence-electron chi connectivity index (χ3n) is 3.54. The van der Waals surface area contributed by atoms with E-state index in [1.54, 1.807) is 7.11 Å². The topological polar surface area (TPSA) is 72.5 Å². The minimum absolute atomic E-state index is 0.0346. The van der Waals surface area contributed by atoms with Gasteiger partial charge in [-0.05, 0) is 37.5 Å². The number of amides is 1. The summed E-state index contributed by atoms with van der Waals surface area (Å²) in [6, 6.07) is 3.68. The molecule has 1 N–H and O–H groups in total. The Morgan fingerprint density at radius 2 is 2.10 bits per heavy atom. The highest BCUT2D eigenvalue weighted by Crippen LogP contribution is 2.25. The third kappa shape index (κ3) is 3.88. The SMILES string of the molecule is COC1CCCC1NC(=O)c1cc(S(=O)(=O)Cl)ccc1Cl. The molecule has 1 fully saturated rings. The van der Waals surface area contributed by atoms with Gasteiger partial charge in [-0.1, -0.05) is 11.6 Å². The van der Waals surface area contributed by atoms with Crippen LogP contribution in [0.5, 0.6) is 0 Å². The van der Waals surface area contributed by atoms with Crippen LogP contribution in [0.3, 0.4) is 0 Å². The number of hydrogen-bond donors (Lipinski definition) is 1. The molecule has 1 aliphatic rings. The van der Waals surface area contributed by atoms with Crippen molar-refractivity contribution in [2.75, 3.05) is 7.11 Å². The van der Waals surface area contributed by atoms with Gasteiger partial charge in [0.25, 0.3) is 15.0 Å². The van der Waals surface area contributed by atoms with Crippen LogP contribution in [-0.2, 0) is 13.8 Å². The lowest BCUT2D eigenvalue weighted by Gasteiger charge is -2.20. The summed E-state index contributed by atoms with van der Waals surface area (Å²) < 4.78 is 28.0. The van der Waals surface area contributed by atoms with Gasteiger partial charge in [0.2, 0.25) is 0 Å². The molecule has 1 amide bonds. The lowest BCUT2D eigenvalue weighted by Crippen LogP contribution is -2.40. The maximum atomic E-state index is 12.3. The Morgan fingerprint density at radius 1 is 1.38 bits per heavy atom. The monoisotopic (exact) mass is 351 g/mol. The zero-order chi connectivity index (χ0) is 15.6. The largest absolute Gasteiger partial charge is 0.379 e. The molecule has 5 nitrogen and oxygen atoms in total. The van der Waals surface area contributed by atoms with Crippen molar-refractivity contribution in [1.82, 2.24) is 5.32 Å². The lowest BCUT2D eigenvalue weighted by atomic mass is 10.1. The maximum absolute atomic E-state index is 12.3. The average molecular weight is 352 g/mol. The van der Waals surface area contributed by atoms with Crippen molar-refractivity contribution in [3.63, 3.8) is 0 Å². The van der Waals surface area contributed by atoms with Crippen LogP contribution in [0, 0.1) is 0 Å². The first-order chi connectivity index (χ1) is 9.82. The molecule has 116 valence electrons. The van der Waals surface area contributed by atoms with Crippen LogP contribution in [0.1, 0.15) is 29.6 Å². The zero-order valence-corrected chi connectivity index (χ0v) is 13.6. The quantitative estimate of drug-likeness (QED) is 0.846. The van der Waals surface area contributed by atoms with Crippen molar-refractivity contribution in [2.24, 2.45) is 0 Å². The molecule has 0 aliphatic heterocycles. The van der Waals surface area contributed by atoms with Crippen molar-refractivity contribution >= 4 is 37.2 Å². The standard InChI is InChI=1S/C13H15Cl2NO4S/c1-20-12-4-2-3-11(12)16-13(17)9-7-8(21(15,18)19)5-6-10(9)14/h5-7,11-12H,2-4H2,1H3,(H,16,17). The zero-order valence-electron chi connectivity index (χ0n) is 11.3. The van der Waals surface area contributed by atoms with E-state index in [0.717, 1.165) is 19.3 Å². The van der Waals surface area contributed by atoms with Crippen LogP contribution >= 0.6 is 22.3 Å². The number of methoxy groups -OCH3 is 1. The van der Waals surface area contributed by atoms with Crippen LogP contribution < -0.4 is 5.32 Å². The molecule has 8 heteroatoms. The van der Waals surface area contributed by atoms with E-state index in [4.69, 9.17) is 27.0 Å². The molecule has 2 rings (SSSR count). The second-order valence-corrected chi connectivity index (χ2v) is 7.84. The van der Waals surface area contributed by atoms with Crippen molar-refractivity contribution in [2.45, 2.75) is 36.3 Å². The first-order valence-corrected chi connectivity index (χ1v) is 9.09. The van der Waals surface area contributed by atoms with Crippen LogP contribution in [0.4, 0.5) is 0 Å². The molecule has 1 aromatic carbocycles. The van der Waals surface area contributed by atoms with Crippen molar-refractivity contribution in [3.05, 3.63) is 28.8 Å². The second kappa shape index (κ2) is 6.52. The summed E-state index contributed by atoms with van der Waals surface area (Å²) in [6.07, 6.45) is 2.63. The van der Waals surface area contributed by atoms with E-state index in [9.17, 15) is 13.2 Å². The smallest absolute Gasteiger partial charge is 0.261 e.